The average Bonchev–Trinajstić information content (AvgIpc) is 2.90. The number of hydrogen-bond donors (Lipinski definition) is 1. The summed E-state index contributed by atoms with van der Waals surface area (Å²) in [5.74, 6) is 1.54. The molecule has 0 spiro atoms. The Hall–Kier alpha value is -2.01. The van der Waals surface area contributed by atoms with Crippen LogP contribution in [0.25, 0.3) is 0 Å². The molecular formula is C16H23N3O2. The molecule has 0 saturated carbocycles. The molecule has 2 rings (SSSR count). The number of aromatic nitrogens is 2. The fourth-order valence-corrected chi connectivity index (χ4v) is 2.24. The third kappa shape index (κ3) is 3.98. The molecule has 1 N–H and O–H groups in total. The number of aromatic amines is 1. The Labute approximate surface area is 125 Å². The number of imidazole rings is 1. The summed E-state index contributed by atoms with van der Waals surface area (Å²) in [6.07, 6.45) is 2.70. The van der Waals surface area contributed by atoms with E-state index in [9.17, 15) is 0 Å². The van der Waals surface area contributed by atoms with E-state index in [0.29, 0.717) is 0 Å². The van der Waals surface area contributed by atoms with Crippen molar-refractivity contribution in [2.45, 2.75) is 19.9 Å². The average molecular weight is 289 g/mol. The van der Waals surface area contributed by atoms with Gasteiger partial charge < -0.3 is 19.4 Å². The lowest BCUT2D eigenvalue weighted by atomic mass is 10.1. The van der Waals surface area contributed by atoms with Crippen molar-refractivity contribution in [3.8, 4) is 11.5 Å². The zero-order valence-electron chi connectivity index (χ0n) is 13.1. The van der Waals surface area contributed by atoms with E-state index >= 15 is 0 Å². The molecule has 21 heavy (non-hydrogen) atoms. The molecule has 114 valence electrons. The molecule has 0 aliphatic rings. The second kappa shape index (κ2) is 7.13. The molecule has 0 aliphatic heterocycles. The normalized spacial score (nSPS) is 10.9. The lowest BCUT2D eigenvalue weighted by molar-refractivity contribution is 0.326. The molecule has 0 radical (unpaired) electrons. The van der Waals surface area contributed by atoms with Crippen LogP contribution in [0.2, 0.25) is 0 Å². The van der Waals surface area contributed by atoms with Crippen molar-refractivity contribution in [1.29, 1.82) is 0 Å². The van der Waals surface area contributed by atoms with E-state index < -0.39 is 0 Å². The number of nitrogens with zero attached hydrogens (tertiary/aromatic N) is 2. The third-order valence-corrected chi connectivity index (χ3v) is 3.58. The smallest absolute Gasteiger partial charge is 0.160 e. The molecule has 0 fully saturated rings. The summed E-state index contributed by atoms with van der Waals surface area (Å²) in [5, 5.41) is 0. The van der Waals surface area contributed by atoms with Crippen molar-refractivity contribution in [3.63, 3.8) is 0 Å². The van der Waals surface area contributed by atoms with Crippen LogP contribution in [-0.4, -0.2) is 42.7 Å². The zero-order chi connectivity index (χ0) is 15.2. The van der Waals surface area contributed by atoms with Crippen LogP contribution in [0.1, 0.15) is 17.0 Å². The second-order valence-electron chi connectivity index (χ2n) is 5.15. The summed E-state index contributed by atoms with van der Waals surface area (Å²) in [6, 6.07) is 6.06. The predicted octanol–water partition coefficient (Wildman–Crippen LogP) is 2.41. The summed E-state index contributed by atoms with van der Waals surface area (Å²) in [5.41, 5.74) is 3.47. The second-order valence-corrected chi connectivity index (χ2v) is 5.15. The fourth-order valence-electron chi connectivity index (χ4n) is 2.24. The Morgan fingerprint density at radius 1 is 1.19 bits per heavy atom. The first kappa shape index (κ1) is 15.4. The first-order chi connectivity index (χ1) is 10.1. The quantitative estimate of drug-likeness (QED) is 0.850. The Balaban J connectivity index is 1.92. The molecule has 5 heteroatoms. The highest BCUT2D eigenvalue weighted by atomic mass is 16.5. The zero-order valence-corrected chi connectivity index (χ0v) is 13.1. The summed E-state index contributed by atoms with van der Waals surface area (Å²) in [7, 11) is 5.42. The van der Waals surface area contributed by atoms with Gasteiger partial charge in [0.15, 0.2) is 11.5 Å². The Kier molecular flexibility index (Phi) is 5.22. The van der Waals surface area contributed by atoms with Crippen molar-refractivity contribution >= 4 is 0 Å². The number of rotatable bonds is 7. The number of aryl methyl sites for hydroxylation is 1. The molecule has 0 aliphatic carbocycles. The maximum absolute atomic E-state index is 5.33. The Bertz CT molecular complexity index is 581. The largest absolute Gasteiger partial charge is 0.493 e. The van der Waals surface area contributed by atoms with Gasteiger partial charge in [0.2, 0.25) is 0 Å². The monoisotopic (exact) mass is 289 g/mol. The molecular weight excluding hydrogens is 266 g/mol. The van der Waals surface area contributed by atoms with Gasteiger partial charge in [0, 0.05) is 18.8 Å². The van der Waals surface area contributed by atoms with Gasteiger partial charge in [-0.05, 0) is 38.1 Å². The van der Waals surface area contributed by atoms with Crippen LogP contribution in [0.4, 0.5) is 0 Å². The van der Waals surface area contributed by atoms with Gasteiger partial charge in [-0.2, -0.15) is 0 Å². The van der Waals surface area contributed by atoms with Crippen molar-refractivity contribution in [2.24, 2.45) is 0 Å². The van der Waals surface area contributed by atoms with Gasteiger partial charge in [-0.3, -0.25) is 0 Å². The van der Waals surface area contributed by atoms with Crippen LogP contribution in [0.3, 0.4) is 0 Å². The SMILES string of the molecule is COc1ccc(CCN(C)Cc2nc[nH]c2C)cc1OC. The van der Waals surface area contributed by atoms with Gasteiger partial charge >= 0.3 is 0 Å². The van der Waals surface area contributed by atoms with Crippen LogP contribution in [0.5, 0.6) is 11.5 Å². The van der Waals surface area contributed by atoms with Crippen molar-refractivity contribution in [2.75, 3.05) is 27.8 Å². The number of H-pyrrole nitrogens is 1. The molecule has 0 atom stereocenters. The third-order valence-electron chi connectivity index (χ3n) is 3.58. The summed E-state index contributed by atoms with van der Waals surface area (Å²) in [6.45, 7) is 3.86. The number of hydrogen-bond acceptors (Lipinski definition) is 4. The minimum absolute atomic E-state index is 0.766. The number of ether oxygens (including phenoxy) is 2. The maximum Gasteiger partial charge on any atom is 0.160 e. The standard InChI is InChI=1S/C16H23N3O2/c1-12-14(18-11-17-12)10-19(2)8-7-13-5-6-15(20-3)16(9-13)21-4/h5-6,9,11H,7-8,10H2,1-4H3,(H,17,18). The number of benzene rings is 1. The predicted molar refractivity (Wildman–Crippen MR) is 82.9 cm³/mol. The van der Waals surface area contributed by atoms with Crippen LogP contribution in [-0.2, 0) is 13.0 Å². The molecule has 0 amide bonds. The van der Waals surface area contributed by atoms with Crippen molar-refractivity contribution in [3.05, 3.63) is 41.5 Å². The Morgan fingerprint density at radius 3 is 2.57 bits per heavy atom. The van der Waals surface area contributed by atoms with E-state index in [1.165, 1.54) is 5.56 Å². The number of methoxy groups -OCH3 is 2. The van der Waals surface area contributed by atoms with Gasteiger partial charge in [0.05, 0.1) is 26.2 Å². The highest BCUT2D eigenvalue weighted by molar-refractivity contribution is 5.42. The number of nitrogens with one attached hydrogen (secondary N) is 1. The number of likely N-dealkylation sites (N-methyl/N-ethyl adjacent to an activating group) is 1. The molecule has 0 saturated heterocycles. The molecule has 1 aromatic carbocycles. The first-order valence-electron chi connectivity index (χ1n) is 7.02. The van der Waals surface area contributed by atoms with Crippen LogP contribution >= 0.6 is 0 Å². The minimum atomic E-state index is 0.766. The molecule has 0 unspecified atom stereocenters. The highest BCUT2D eigenvalue weighted by Crippen LogP contribution is 2.27. The lowest BCUT2D eigenvalue weighted by Crippen LogP contribution is -2.21. The molecule has 1 heterocycles. The van der Waals surface area contributed by atoms with E-state index in [1.54, 1.807) is 20.5 Å². The lowest BCUT2D eigenvalue weighted by Gasteiger charge is -2.16. The summed E-state index contributed by atoms with van der Waals surface area (Å²) in [4.78, 5) is 9.70. The maximum atomic E-state index is 5.33. The molecule has 5 nitrogen and oxygen atoms in total. The van der Waals surface area contributed by atoms with Crippen LogP contribution in [0.15, 0.2) is 24.5 Å². The minimum Gasteiger partial charge on any atom is -0.493 e. The first-order valence-corrected chi connectivity index (χ1v) is 7.02. The van der Waals surface area contributed by atoms with Crippen molar-refractivity contribution < 1.29 is 9.47 Å². The van der Waals surface area contributed by atoms with E-state index in [-0.39, 0.29) is 0 Å². The van der Waals surface area contributed by atoms with Crippen molar-refractivity contribution in [1.82, 2.24) is 14.9 Å². The fraction of sp³-hybridized carbons (Fsp3) is 0.438. The van der Waals surface area contributed by atoms with Gasteiger partial charge in [-0.25, -0.2) is 4.98 Å². The van der Waals surface area contributed by atoms with Crippen LogP contribution in [0, 0.1) is 6.92 Å². The van der Waals surface area contributed by atoms with Crippen LogP contribution < -0.4 is 9.47 Å². The Morgan fingerprint density at radius 2 is 1.95 bits per heavy atom. The van der Waals surface area contributed by atoms with E-state index in [0.717, 1.165) is 42.4 Å². The molecule has 2 aromatic rings. The van der Waals surface area contributed by atoms with E-state index in [1.807, 2.05) is 19.1 Å². The van der Waals surface area contributed by atoms with E-state index in [4.69, 9.17) is 9.47 Å². The van der Waals surface area contributed by atoms with Gasteiger partial charge in [0.1, 0.15) is 0 Å². The molecule has 1 aromatic heterocycles. The summed E-state index contributed by atoms with van der Waals surface area (Å²) >= 11 is 0. The van der Waals surface area contributed by atoms with Gasteiger partial charge in [0.25, 0.3) is 0 Å². The topological polar surface area (TPSA) is 50.4 Å². The summed E-state index contributed by atoms with van der Waals surface area (Å²) < 4.78 is 10.6. The highest BCUT2D eigenvalue weighted by Gasteiger charge is 2.08. The van der Waals surface area contributed by atoms with Gasteiger partial charge in [-0.1, -0.05) is 6.07 Å². The van der Waals surface area contributed by atoms with Gasteiger partial charge in [-0.15, -0.1) is 0 Å². The van der Waals surface area contributed by atoms with E-state index in [2.05, 4.69) is 28.0 Å². The molecule has 0 bridgehead atoms.